The van der Waals surface area contributed by atoms with E-state index in [2.05, 4.69) is 41.4 Å². The Bertz CT molecular complexity index is 1580. The molecule has 5 amide bonds. The SMILES string of the molecule is CC[C@H](NC(=O)[C@H](Cc1ccc(OP(=O)(O)O)cc1)NC(=O)[C@@H](NC(=O)[C@@H]1CCCN1)[C@@H](C)O)C(=O)N[C@@H](CCCN=C(N)N)C(=O)N[C@H](C(=O)O)[C@@H](C)CC. The zero-order chi connectivity index (χ0) is 42.2. The number of aliphatic imine (C=N–C) groups is 1. The molecule has 2 rings (SSSR count). The molecular weight excluding hydrogens is 757 g/mol. The smallest absolute Gasteiger partial charge is 0.480 e. The van der Waals surface area contributed by atoms with Crippen molar-refractivity contribution in [1.29, 1.82) is 0 Å². The number of aliphatic hydroxyl groups excluding tert-OH is 1. The average molecular weight is 814 g/mol. The monoisotopic (exact) mass is 813 g/mol. The van der Waals surface area contributed by atoms with Crippen molar-refractivity contribution in [3.05, 3.63) is 29.8 Å². The Hall–Kier alpha value is -4.82. The summed E-state index contributed by atoms with van der Waals surface area (Å²) < 4.78 is 15.8. The molecule has 0 radical (unpaired) electrons. The first-order valence-electron chi connectivity index (χ1n) is 18.3. The topological polar surface area (TPSA) is 346 Å². The highest BCUT2D eigenvalue weighted by Gasteiger charge is 2.35. The largest absolute Gasteiger partial charge is 0.524 e. The molecule has 0 aromatic heterocycles. The third kappa shape index (κ3) is 16.1. The number of phosphoric ester groups is 1. The zero-order valence-corrected chi connectivity index (χ0v) is 32.8. The lowest BCUT2D eigenvalue weighted by molar-refractivity contribution is -0.144. The molecule has 1 saturated heterocycles. The summed E-state index contributed by atoms with van der Waals surface area (Å²) in [5, 5.41) is 35.8. The molecule has 0 aliphatic carbocycles. The number of nitrogens with two attached hydrogens (primary N) is 2. The van der Waals surface area contributed by atoms with Crippen LogP contribution in [-0.4, -0.2) is 117 Å². The molecule has 56 heavy (non-hydrogen) atoms. The fourth-order valence-electron chi connectivity index (χ4n) is 5.70. The van der Waals surface area contributed by atoms with Gasteiger partial charge in [-0.25, -0.2) is 9.36 Å². The van der Waals surface area contributed by atoms with Gasteiger partial charge in [0.1, 0.15) is 36.0 Å². The van der Waals surface area contributed by atoms with Gasteiger partial charge >= 0.3 is 13.8 Å². The van der Waals surface area contributed by atoms with Crippen molar-refractivity contribution < 1.29 is 57.9 Å². The van der Waals surface area contributed by atoms with E-state index in [9.17, 15) is 43.5 Å². The van der Waals surface area contributed by atoms with Crippen molar-refractivity contribution in [3.8, 4) is 5.75 Å². The maximum Gasteiger partial charge on any atom is 0.524 e. The first-order valence-corrected chi connectivity index (χ1v) is 19.8. The number of nitrogens with one attached hydrogen (secondary N) is 6. The lowest BCUT2D eigenvalue weighted by Crippen LogP contribution is -2.61. The van der Waals surface area contributed by atoms with Crippen LogP contribution in [0.1, 0.15) is 71.8 Å². The van der Waals surface area contributed by atoms with Crippen LogP contribution in [0, 0.1) is 5.92 Å². The third-order valence-corrected chi connectivity index (χ3v) is 9.50. The molecule has 0 spiro atoms. The van der Waals surface area contributed by atoms with Gasteiger partial charge in [-0.1, -0.05) is 39.3 Å². The lowest BCUT2D eigenvalue weighted by atomic mass is 9.98. The van der Waals surface area contributed by atoms with Crippen LogP contribution in [0.25, 0.3) is 0 Å². The van der Waals surface area contributed by atoms with E-state index >= 15 is 0 Å². The summed E-state index contributed by atoms with van der Waals surface area (Å²) in [6, 6.07) is -2.06. The minimum Gasteiger partial charge on any atom is -0.480 e. The molecule has 1 heterocycles. The van der Waals surface area contributed by atoms with E-state index in [0.717, 1.165) is 6.42 Å². The van der Waals surface area contributed by atoms with Crippen LogP contribution in [0.5, 0.6) is 5.75 Å². The van der Waals surface area contributed by atoms with Gasteiger partial charge in [-0.2, -0.15) is 0 Å². The zero-order valence-electron chi connectivity index (χ0n) is 31.9. The van der Waals surface area contributed by atoms with Crippen LogP contribution in [0.3, 0.4) is 0 Å². The standard InChI is InChI=1S/C34H56N9O12P/c1-5-18(3)26(33(50)51)42-30(47)24(10-8-16-38-34(35)36)40-28(45)22(6-2)39-31(48)25(17-20-11-13-21(14-12-20)55-56(52,53)54)41-32(49)27(19(4)44)43-29(46)23-9-7-15-37-23/h11-14,18-19,22-27,37,44H,5-10,15-17H2,1-4H3,(H,39,48)(H,40,45)(H,41,49)(H,42,47)(H,43,46)(H,50,51)(H4,35,36,38)(H2,52,53,54)/t18-,19+,22-,23-,24-,25-,26-,27-/m0/s1. The number of aliphatic carboxylic acids is 1. The molecule has 0 unspecified atom stereocenters. The lowest BCUT2D eigenvalue weighted by Gasteiger charge is -2.28. The molecule has 8 atom stereocenters. The van der Waals surface area contributed by atoms with E-state index in [1.165, 1.54) is 31.2 Å². The van der Waals surface area contributed by atoms with Gasteiger partial charge in [0.2, 0.25) is 29.5 Å². The molecule has 1 aromatic rings. The van der Waals surface area contributed by atoms with Crippen LogP contribution in [-0.2, 0) is 39.8 Å². The summed E-state index contributed by atoms with van der Waals surface area (Å²) in [5.41, 5.74) is 11.2. The van der Waals surface area contributed by atoms with E-state index < -0.39 is 91.6 Å². The summed E-state index contributed by atoms with van der Waals surface area (Å²) in [4.78, 5) is 101. The molecule has 314 valence electrons. The average Bonchev–Trinajstić information content (AvgIpc) is 3.67. The molecule has 1 aromatic carbocycles. The Balaban J connectivity index is 2.35. The number of carboxylic acids is 1. The van der Waals surface area contributed by atoms with Gasteiger partial charge in [-0.15, -0.1) is 0 Å². The van der Waals surface area contributed by atoms with Gasteiger partial charge in [-0.3, -0.25) is 38.8 Å². The molecule has 0 saturated carbocycles. The number of carboxylic acid groups (broad SMARTS) is 1. The summed E-state index contributed by atoms with van der Waals surface area (Å²) in [5.74, 6) is -5.98. The molecule has 22 heteroatoms. The Morgan fingerprint density at radius 1 is 0.875 bits per heavy atom. The van der Waals surface area contributed by atoms with E-state index in [4.69, 9.17) is 21.3 Å². The number of hydrogen-bond acceptors (Lipinski definition) is 11. The number of benzene rings is 1. The number of carbonyl (C=O) groups is 6. The second-order valence-corrected chi connectivity index (χ2v) is 14.7. The van der Waals surface area contributed by atoms with Crippen molar-refractivity contribution in [2.45, 2.75) is 115 Å². The molecular formula is C34H56N9O12P. The highest BCUT2D eigenvalue weighted by atomic mass is 31.2. The Kier molecular flexibility index (Phi) is 19.2. The van der Waals surface area contributed by atoms with Crippen molar-refractivity contribution in [3.63, 3.8) is 0 Å². The van der Waals surface area contributed by atoms with Gasteiger partial charge in [0.05, 0.1) is 12.1 Å². The highest BCUT2D eigenvalue weighted by Crippen LogP contribution is 2.37. The highest BCUT2D eigenvalue weighted by molar-refractivity contribution is 7.46. The molecule has 0 bridgehead atoms. The van der Waals surface area contributed by atoms with Gasteiger partial charge < -0.3 is 58.1 Å². The number of aliphatic hydroxyl groups is 1. The molecule has 1 aliphatic heterocycles. The van der Waals surface area contributed by atoms with Crippen molar-refractivity contribution in [2.24, 2.45) is 22.4 Å². The normalized spacial score (nSPS) is 17.7. The maximum absolute atomic E-state index is 13.9. The minimum absolute atomic E-state index is 0.000353. The van der Waals surface area contributed by atoms with E-state index in [1.54, 1.807) is 20.8 Å². The van der Waals surface area contributed by atoms with Gasteiger partial charge in [0.25, 0.3) is 0 Å². The summed E-state index contributed by atoms with van der Waals surface area (Å²) >= 11 is 0. The first kappa shape index (κ1) is 47.3. The first-order chi connectivity index (χ1) is 26.3. The fourth-order valence-corrected chi connectivity index (χ4v) is 6.10. The number of rotatable bonds is 23. The van der Waals surface area contributed by atoms with Crippen LogP contribution < -0.4 is 47.9 Å². The molecule has 21 nitrogen and oxygen atoms in total. The number of carbonyl (C=O) groups excluding carboxylic acids is 5. The molecule has 14 N–H and O–H groups in total. The van der Waals surface area contributed by atoms with Crippen molar-refractivity contribution in [1.82, 2.24) is 31.9 Å². The predicted molar refractivity (Wildman–Crippen MR) is 202 cm³/mol. The van der Waals surface area contributed by atoms with Crippen LogP contribution in [0.4, 0.5) is 0 Å². The van der Waals surface area contributed by atoms with E-state index in [0.29, 0.717) is 24.9 Å². The second-order valence-electron chi connectivity index (χ2n) is 13.6. The Labute approximate surface area is 324 Å². The van der Waals surface area contributed by atoms with Gasteiger partial charge in [0, 0.05) is 13.0 Å². The number of guanidine groups is 1. The third-order valence-electron chi connectivity index (χ3n) is 9.06. The number of hydrogen-bond donors (Lipinski definition) is 12. The number of amides is 5. The molecule has 1 aliphatic rings. The predicted octanol–water partition coefficient (Wildman–Crippen LogP) is -2.15. The summed E-state index contributed by atoms with van der Waals surface area (Å²) in [7, 11) is -4.87. The van der Waals surface area contributed by atoms with Crippen LogP contribution >= 0.6 is 7.82 Å². The minimum atomic E-state index is -4.87. The number of nitrogens with zero attached hydrogens (tertiary/aromatic N) is 1. The Morgan fingerprint density at radius 2 is 1.46 bits per heavy atom. The Morgan fingerprint density at radius 3 is 1.98 bits per heavy atom. The van der Waals surface area contributed by atoms with E-state index in [-0.39, 0.29) is 43.9 Å². The van der Waals surface area contributed by atoms with Crippen molar-refractivity contribution in [2.75, 3.05) is 13.1 Å². The van der Waals surface area contributed by atoms with Gasteiger partial charge in [-0.05, 0) is 69.2 Å². The summed E-state index contributed by atoms with van der Waals surface area (Å²) in [6.45, 7) is 6.96. The second kappa shape index (κ2) is 22.7. The fraction of sp³-hybridized carbons (Fsp3) is 0.618. The maximum atomic E-state index is 13.9. The quantitative estimate of drug-likeness (QED) is 0.0243. The number of phosphoric acid groups is 1. The molecule has 1 fully saturated rings. The van der Waals surface area contributed by atoms with E-state index in [1.807, 2.05) is 0 Å². The van der Waals surface area contributed by atoms with Crippen LogP contribution in [0.2, 0.25) is 0 Å². The van der Waals surface area contributed by atoms with Crippen LogP contribution in [0.15, 0.2) is 29.3 Å². The summed E-state index contributed by atoms with van der Waals surface area (Å²) in [6.07, 6.45) is 0.273. The van der Waals surface area contributed by atoms with Gasteiger partial charge in [0.15, 0.2) is 5.96 Å². The van der Waals surface area contributed by atoms with Crippen molar-refractivity contribution >= 4 is 49.3 Å².